The first-order valence-electron chi connectivity index (χ1n) is 8.01. The van der Waals surface area contributed by atoms with Gasteiger partial charge in [-0.2, -0.15) is 10.2 Å². The third-order valence-corrected chi connectivity index (χ3v) is 3.80. The Morgan fingerprint density at radius 3 is 1.12 bits per heavy atom. The molecule has 2 aromatic heterocycles. The van der Waals surface area contributed by atoms with Crippen molar-refractivity contribution in [3.63, 3.8) is 0 Å². The topological polar surface area (TPSA) is 76.3 Å². The second-order valence-corrected chi connectivity index (χ2v) is 5.55. The molecule has 2 aromatic carbocycles. The van der Waals surface area contributed by atoms with E-state index in [0.717, 1.165) is 33.6 Å². The van der Waals surface area contributed by atoms with Crippen LogP contribution in [0.1, 0.15) is 0 Å². The Morgan fingerprint density at radius 2 is 0.769 bits per heavy atom. The second-order valence-electron chi connectivity index (χ2n) is 5.55. The second kappa shape index (κ2) is 7.40. The highest BCUT2D eigenvalue weighted by atomic mass is 15.1. The maximum atomic E-state index is 4.28. The van der Waals surface area contributed by atoms with Gasteiger partial charge in [0.25, 0.3) is 0 Å². The molecule has 0 atom stereocenters. The van der Waals surface area contributed by atoms with Crippen LogP contribution in [-0.2, 0) is 0 Å². The summed E-state index contributed by atoms with van der Waals surface area (Å²) in [5, 5.41) is 8.57. The first kappa shape index (κ1) is 15.7. The van der Waals surface area contributed by atoms with E-state index >= 15 is 0 Å². The number of azo groups is 1. The van der Waals surface area contributed by atoms with E-state index < -0.39 is 0 Å². The van der Waals surface area contributed by atoms with Crippen molar-refractivity contribution in [3.8, 4) is 22.3 Å². The summed E-state index contributed by atoms with van der Waals surface area (Å²) in [4.78, 5) is 16.1. The van der Waals surface area contributed by atoms with Crippen LogP contribution in [0.4, 0.5) is 11.4 Å². The van der Waals surface area contributed by atoms with E-state index in [-0.39, 0.29) is 0 Å². The van der Waals surface area contributed by atoms with Crippen molar-refractivity contribution in [1.82, 2.24) is 19.9 Å². The predicted octanol–water partition coefficient (Wildman–Crippen LogP) is 5.02. The largest absolute Gasteiger partial charge is 0.244 e. The van der Waals surface area contributed by atoms with Crippen LogP contribution in [0.15, 0.2) is 96.2 Å². The van der Waals surface area contributed by atoms with Crippen LogP contribution in [0.2, 0.25) is 0 Å². The molecular weight excluding hydrogens is 324 g/mol. The molecule has 0 aliphatic rings. The lowest BCUT2D eigenvalue weighted by Gasteiger charge is -2.01. The van der Waals surface area contributed by atoms with Crippen LogP contribution in [0, 0.1) is 0 Å². The zero-order chi connectivity index (χ0) is 17.6. The minimum absolute atomic E-state index is 0.783. The lowest BCUT2D eigenvalue weighted by molar-refractivity contribution is 1.17. The van der Waals surface area contributed by atoms with E-state index in [0.29, 0.717) is 0 Å². The lowest BCUT2D eigenvalue weighted by atomic mass is 10.1. The van der Waals surface area contributed by atoms with Crippen LogP contribution < -0.4 is 0 Å². The number of hydrogen-bond donors (Lipinski definition) is 0. The van der Waals surface area contributed by atoms with E-state index in [9.17, 15) is 0 Å². The molecule has 4 rings (SSSR count). The van der Waals surface area contributed by atoms with E-state index in [1.54, 1.807) is 24.8 Å². The maximum absolute atomic E-state index is 4.28. The predicted molar refractivity (Wildman–Crippen MR) is 99.1 cm³/mol. The lowest BCUT2D eigenvalue weighted by Crippen LogP contribution is -1.81. The van der Waals surface area contributed by atoms with E-state index in [2.05, 4.69) is 30.2 Å². The molecular formula is C20H14N6. The first-order chi connectivity index (χ1) is 12.9. The Hall–Kier alpha value is -3.80. The van der Waals surface area contributed by atoms with Crippen LogP contribution in [0.5, 0.6) is 0 Å². The van der Waals surface area contributed by atoms with Gasteiger partial charge in [-0.15, -0.1) is 0 Å². The monoisotopic (exact) mass is 338 g/mol. The van der Waals surface area contributed by atoms with Gasteiger partial charge >= 0.3 is 0 Å². The average Bonchev–Trinajstić information content (AvgIpc) is 2.74. The van der Waals surface area contributed by atoms with Crippen molar-refractivity contribution in [1.29, 1.82) is 0 Å². The Labute approximate surface area is 150 Å². The highest BCUT2D eigenvalue weighted by Gasteiger charge is 1.99. The third kappa shape index (κ3) is 3.64. The fourth-order valence-corrected chi connectivity index (χ4v) is 2.45. The summed E-state index contributed by atoms with van der Waals surface area (Å²) >= 11 is 0. The number of hydrogen-bond acceptors (Lipinski definition) is 6. The quantitative estimate of drug-likeness (QED) is 0.490. The molecule has 26 heavy (non-hydrogen) atoms. The molecule has 0 saturated carbocycles. The molecule has 0 bridgehead atoms. The van der Waals surface area contributed by atoms with Gasteiger partial charge in [0.2, 0.25) is 0 Å². The number of benzene rings is 2. The number of rotatable bonds is 4. The minimum Gasteiger partial charge on any atom is -0.244 e. The van der Waals surface area contributed by atoms with Crippen molar-refractivity contribution >= 4 is 11.4 Å². The molecule has 2 heterocycles. The molecule has 0 unspecified atom stereocenters. The molecule has 6 nitrogen and oxygen atoms in total. The Bertz CT molecular complexity index is 913. The Kier molecular flexibility index (Phi) is 4.47. The summed E-state index contributed by atoms with van der Waals surface area (Å²) < 4.78 is 0. The highest BCUT2D eigenvalue weighted by molar-refractivity contribution is 5.64. The molecule has 124 valence electrons. The van der Waals surface area contributed by atoms with Gasteiger partial charge in [0.15, 0.2) is 0 Å². The number of aromatic nitrogens is 4. The summed E-state index contributed by atoms with van der Waals surface area (Å²) in [6, 6.07) is 15.6. The van der Waals surface area contributed by atoms with Gasteiger partial charge < -0.3 is 0 Å². The van der Waals surface area contributed by atoms with Crippen LogP contribution in [0.3, 0.4) is 0 Å². The van der Waals surface area contributed by atoms with Gasteiger partial charge in [-0.25, -0.2) is 19.9 Å². The molecule has 6 heteroatoms. The van der Waals surface area contributed by atoms with Crippen molar-refractivity contribution < 1.29 is 0 Å². The Balaban J connectivity index is 1.48. The van der Waals surface area contributed by atoms with Gasteiger partial charge in [0.05, 0.1) is 11.4 Å². The molecule has 0 saturated heterocycles. The molecule has 0 fully saturated rings. The zero-order valence-electron chi connectivity index (χ0n) is 13.8. The molecule has 4 aromatic rings. The molecule has 0 aliphatic heterocycles. The smallest absolute Gasteiger partial charge is 0.115 e. The highest BCUT2D eigenvalue weighted by Crippen LogP contribution is 2.25. The Morgan fingerprint density at radius 1 is 0.423 bits per heavy atom. The van der Waals surface area contributed by atoms with E-state index in [4.69, 9.17) is 0 Å². The summed E-state index contributed by atoms with van der Waals surface area (Å²) in [6.45, 7) is 0. The van der Waals surface area contributed by atoms with E-state index in [1.807, 2.05) is 48.5 Å². The van der Waals surface area contributed by atoms with Crippen LogP contribution in [0.25, 0.3) is 22.3 Å². The molecule has 0 amide bonds. The van der Waals surface area contributed by atoms with Crippen molar-refractivity contribution in [2.45, 2.75) is 0 Å². The SMILES string of the molecule is c1ncc(-c2ccc(N=Nc3ccc(-c4cncnc4)cc3)cc2)cn1. The van der Waals surface area contributed by atoms with Gasteiger partial charge in [-0.05, 0) is 35.4 Å². The summed E-state index contributed by atoms with van der Waals surface area (Å²) in [7, 11) is 0. The molecule has 0 spiro atoms. The van der Waals surface area contributed by atoms with Crippen LogP contribution >= 0.6 is 0 Å². The van der Waals surface area contributed by atoms with Gasteiger partial charge in [-0.1, -0.05) is 24.3 Å². The normalized spacial score (nSPS) is 10.9. The van der Waals surface area contributed by atoms with Gasteiger partial charge in [0.1, 0.15) is 12.7 Å². The van der Waals surface area contributed by atoms with Gasteiger partial charge in [0, 0.05) is 35.9 Å². The van der Waals surface area contributed by atoms with Crippen molar-refractivity contribution in [2.75, 3.05) is 0 Å². The standard InChI is InChI=1S/C20H14N6/c1-5-19(6-2-15(1)17-9-21-13-22-10-17)25-26-20-7-3-16(4-8-20)18-11-23-14-24-12-18/h1-14H. The van der Waals surface area contributed by atoms with E-state index in [1.165, 1.54) is 12.7 Å². The number of nitrogens with zero attached hydrogens (tertiary/aromatic N) is 6. The van der Waals surface area contributed by atoms with Crippen LogP contribution in [-0.4, -0.2) is 19.9 Å². The first-order valence-corrected chi connectivity index (χ1v) is 8.01. The zero-order valence-corrected chi connectivity index (χ0v) is 13.8. The summed E-state index contributed by atoms with van der Waals surface area (Å²) in [5.74, 6) is 0. The third-order valence-electron chi connectivity index (χ3n) is 3.80. The maximum Gasteiger partial charge on any atom is 0.115 e. The minimum atomic E-state index is 0.783. The van der Waals surface area contributed by atoms with Crippen molar-refractivity contribution in [2.24, 2.45) is 10.2 Å². The van der Waals surface area contributed by atoms with Crippen molar-refractivity contribution in [3.05, 3.63) is 86.0 Å². The summed E-state index contributed by atoms with van der Waals surface area (Å²) in [6.07, 6.45) is 10.2. The fourth-order valence-electron chi connectivity index (χ4n) is 2.45. The van der Waals surface area contributed by atoms with Gasteiger partial charge in [-0.3, -0.25) is 0 Å². The molecule has 0 radical (unpaired) electrons. The molecule has 0 N–H and O–H groups in total. The summed E-state index contributed by atoms with van der Waals surface area (Å²) in [5.41, 5.74) is 5.59. The average molecular weight is 338 g/mol. The fraction of sp³-hybridized carbons (Fsp3) is 0. The molecule has 0 aliphatic carbocycles.